The van der Waals surface area contributed by atoms with E-state index in [4.69, 9.17) is 19.2 Å². The number of aryl methyl sites for hydroxylation is 4. The molecule has 6 heteroatoms. The van der Waals surface area contributed by atoms with Crippen LogP contribution < -0.4 is 4.74 Å². The smallest absolute Gasteiger partial charge is 0.226 e. The molecule has 0 unspecified atom stereocenters. The summed E-state index contributed by atoms with van der Waals surface area (Å²) >= 11 is 0. The minimum atomic E-state index is 0.276. The molecule has 5 rings (SSSR count). The first-order valence-corrected chi connectivity index (χ1v) is 11.1. The third kappa shape index (κ3) is 4.00. The van der Waals surface area contributed by atoms with E-state index in [2.05, 4.69) is 43.1 Å². The number of pyridine rings is 1. The zero-order chi connectivity index (χ0) is 22.9. The van der Waals surface area contributed by atoms with Gasteiger partial charge in [-0.25, -0.2) is 9.67 Å². The molecule has 0 aliphatic rings. The Labute approximate surface area is 192 Å². The van der Waals surface area contributed by atoms with Crippen molar-refractivity contribution < 1.29 is 9.15 Å². The highest BCUT2D eigenvalue weighted by Crippen LogP contribution is 2.28. The van der Waals surface area contributed by atoms with Crippen LogP contribution in [-0.4, -0.2) is 19.7 Å². The Bertz CT molecular complexity index is 1420. The summed E-state index contributed by atoms with van der Waals surface area (Å²) in [5.74, 6) is 1.87. The van der Waals surface area contributed by atoms with Crippen LogP contribution in [0.1, 0.15) is 35.2 Å². The van der Waals surface area contributed by atoms with E-state index >= 15 is 0 Å². The van der Waals surface area contributed by atoms with Crippen LogP contribution in [0.15, 0.2) is 65.1 Å². The Kier molecular flexibility index (Phi) is 5.42. The monoisotopic (exact) mass is 438 g/mol. The van der Waals surface area contributed by atoms with E-state index in [-0.39, 0.29) is 6.61 Å². The van der Waals surface area contributed by atoms with E-state index < -0.39 is 0 Å². The van der Waals surface area contributed by atoms with Crippen LogP contribution in [0.2, 0.25) is 0 Å². The molecule has 0 aliphatic carbocycles. The highest BCUT2D eigenvalue weighted by atomic mass is 16.5. The second kappa shape index (κ2) is 8.54. The SMILES string of the molecule is CCc1ccc(-n2nc(C)c3c(C)cc(OCc4nc(-c5ccccc5)oc4C)nc32)cc1. The fourth-order valence-electron chi connectivity index (χ4n) is 4.01. The van der Waals surface area contributed by atoms with Crippen molar-refractivity contribution in [3.05, 3.63) is 88.9 Å². The first kappa shape index (κ1) is 20.9. The van der Waals surface area contributed by atoms with Crippen molar-refractivity contribution in [2.75, 3.05) is 0 Å². The molecular formula is C27H26N4O2. The van der Waals surface area contributed by atoms with Crippen LogP contribution >= 0.6 is 0 Å². The van der Waals surface area contributed by atoms with Crippen molar-refractivity contribution in [3.8, 4) is 23.0 Å². The van der Waals surface area contributed by atoms with Crippen LogP contribution in [0.4, 0.5) is 0 Å². The molecule has 33 heavy (non-hydrogen) atoms. The number of hydrogen-bond acceptors (Lipinski definition) is 5. The maximum Gasteiger partial charge on any atom is 0.226 e. The Morgan fingerprint density at radius 2 is 1.70 bits per heavy atom. The normalized spacial score (nSPS) is 11.3. The van der Waals surface area contributed by atoms with Gasteiger partial charge in [-0.1, -0.05) is 37.3 Å². The average molecular weight is 439 g/mol. The van der Waals surface area contributed by atoms with Gasteiger partial charge in [0.2, 0.25) is 11.8 Å². The summed E-state index contributed by atoms with van der Waals surface area (Å²) in [6.07, 6.45) is 1.00. The molecule has 0 aliphatic heterocycles. The highest BCUT2D eigenvalue weighted by Gasteiger charge is 2.16. The third-order valence-electron chi connectivity index (χ3n) is 5.85. The fourth-order valence-corrected chi connectivity index (χ4v) is 4.01. The van der Waals surface area contributed by atoms with Crippen molar-refractivity contribution in [1.82, 2.24) is 19.7 Å². The van der Waals surface area contributed by atoms with Gasteiger partial charge in [0.15, 0.2) is 5.65 Å². The number of fused-ring (bicyclic) bond motifs is 1. The van der Waals surface area contributed by atoms with Gasteiger partial charge in [0.25, 0.3) is 0 Å². The van der Waals surface area contributed by atoms with Gasteiger partial charge in [0.1, 0.15) is 18.1 Å². The predicted molar refractivity (Wildman–Crippen MR) is 129 cm³/mol. The van der Waals surface area contributed by atoms with Crippen molar-refractivity contribution in [2.24, 2.45) is 0 Å². The Balaban J connectivity index is 1.45. The molecule has 166 valence electrons. The van der Waals surface area contributed by atoms with E-state index in [1.807, 2.05) is 54.9 Å². The summed E-state index contributed by atoms with van der Waals surface area (Å²) in [5, 5.41) is 5.81. The molecule has 6 nitrogen and oxygen atoms in total. The van der Waals surface area contributed by atoms with E-state index in [0.717, 1.165) is 51.4 Å². The minimum absolute atomic E-state index is 0.276. The quantitative estimate of drug-likeness (QED) is 0.318. The maximum absolute atomic E-state index is 6.07. The Hall–Kier alpha value is -3.93. The molecule has 0 atom stereocenters. The third-order valence-corrected chi connectivity index (χ3v) is 5.85. The van der Waals surface area contributed by atoms with Crippen LogP contribution in [0, 0.1) is 20.8 Å². The molecular weight excluding hydrogens is 412 g/mol. The molecule has 0 saturated heterocycles. The summed E-state index contributed by atoms with van der Waals surface area (Å²) in [5.41, 5.74) is 6.77. The lowest BCUT2D eigenvalue weighted by atomic mass is 10.1. The van der Waals surface area contributed by atoms with Crippen LogP contribution in [0.25, 0.3) is 28.2 Å². The van der Waals surface area contributed by atoms with Gasteiger partial charge in [-0.05, 0) is 62.6 Å². The second-order valence-electron chi connectivity index (χ2n) is 8.17. The standard InChI is InChI=1S/C27H26N4O2/c1-5-20-11-13-22(14-12-20)31-26-25(18(3)30-31)17(2)15-24(29-26)32-16-23-19(4)33-27(28-23)21-9-7-6-8-10-21/h6-15H,5,16H2,1-4H3. The van der Waals surface area contributed by atoms with Crippen molar-refractivity contribution in [1.29, 1.82) is 0 Å². The summed E-state index contributed by atoms with van der Waals surface area (Å²) in [4.78, 5) is 9.43. The number of nitrogens with zero attached hydrogens (tertiary/aromatic N) is 4. The van der Waals surface area contributed by atoms with Crippen molar-refractivity contribution in [2.45, 2.75) is 40.7 Å². The molecule has 3 aromatic heterocycles. The molecule has 0 N–H and O–H groups in total. The largest absolute Gasteiger partial charge is 0.471 e. The summed E-state index contributed by atoms with van der Waals surface area (Å²) in [7, 11) is 0. The number of aromatic nitrogens is 4. The van der Waals surface area contributed by atoms with Crippen molar-refractivity contribution in [3.63, 3.8) is 0 Å². The van der Waals surface area contributed by atoms with E-state index in [0.29, 0.717) is 11.8 Å². The first-order chi connectivity index (χ1) is 16.0. The molecule has 0 bridgehead atoms. The summed E-state index contributed by atoms with van der Waals surface area (Å²) < 4.78 is 13.8. The Morgan fingerprint density at radius 1 is 0.939 bits per heavy atom. The fraction of sp³-hybridized carbons (Fsp3) is 0.222. The number of oxazole rings is 1. The van der Waals surface area contributed by atoms with Gasteiger partial charge in [0, 0.05) is 17.0 Å². The number of hydrogen-bond donors (Lipinski definition) is 0. The topological polar surface area (TPSA) is 66.0 Å². The number of benzene rings is 2. The zero-order valence-electron chi connectivity index (χ0n) is 19.3. The predicted octanol–water partition coefficient (Wildman–Crippen LogP) is 6.14. The van der Waals surface area contributed by atoms with E-state index in [9.17, 15) is 0 Å². The molecule has 3 heterocycles. The number of rotatable bonds is 6. The van der Waals surface area contributed by atoms with Gasteiger partial charge >= 0.3 is 0 Å². The van der Waals surface area contributed by atoms with E-state index in [1.54, 1.807) is 0 Å². The molecule has 0 saturated carbocycles. The molecule has 0 spiro atoms. The maximum atomic E-state index is 6.07. The summed E-state index contributed by atoms with van der Waals surface area (Å²) in [6, 6.07) is 20.2. The molecule has 0 radical (unpaired) electrons. The molecule has 2 aromatic carbocycles. The lowest BCUT2D eigenvalue weighted by molar-refractivity contribution is 0.288. The van der Waals surface area contributed by atoms with Gasteiger partial charge in [-0.2, -0.15) is 10.1 Å². The zero-order valence-corrected chi connectivity index (χ0v) is 19.3. The first-order valence-electron chi connectivity index (χ1n) is 11.1. The van der Waals surface area contributed by atoms with Gasteiger partial charge < -0.3 is 9.15 Å². The van der Waals surface area contributed by atoms with E-state index in [1.165, 1.54) is 5.56 Å². The number of ether oxygens (including phenoxy) is 1. The lowest BCUT2D eigenvalue weighted by Gasteiger charge is -2.08. The highest BCUT2D eigenvalue weighted by molar-refractivity contribution is 5.84. The Morgan fingerprint density at radius 3 is 2.42 bits per heavy atom. The average Bonchev–Trinajstić information content (AvgIpc) is 3.38. The van der Waals surface area contributed by atoms with Crippen LogP contribution in [0.3, 0.4) is 0 Å². The molecule has 0 fully saturated rings. The van der Waals surface area contributed by atoms with Gasteiger partial charge in [-0.3, -0.25) is 0 Å². The van der Waals surface area contributed by atoms with Crippen molar-refractivity contribution >= 4 is 11.0 Å². The van der Waals surface area contributed by atoms with Gasteiger partial charge in [0.05, 0.1) is 11.4 Å². The lowest BCUT2D eigenvalue weighted by Crippen LogP contribution is -2.02. The second-order valence-corrected chi connectivity index (χ2v) is 8.17. The molecule has 0 amide bonds. The minimum Gasteiger partial charge on any atom is -0.471 e. The summed E-state index contributed by atoms with van der Waals surface area (Å²) in [6.45, 7) is 8.40. The molecule has 5 aromatic rings. The van der Waals surface area contributed by atoms with Crippen LogP contribution in [0.5, 0.6) is 5.88 Å². The van der Waals surface area contributed by atoms with Crippen LogP contribution in [-0.2, 0) is 13.0 Å². The van der Waals surface area contributed by atoms with Gasteiger partial charge in [-0.15, -0.1) is 0 Å².